The third kappa shape index (κ3) is 4.66. The van der Waals surface area contributed by atoms with Crippen molar-refractivity contribution in [3.05, 3.63) is 61.9 Å². The minimum Gasteiger partial charge on any atom is -0.454 e. The molecule has 11 heteroatoms. The van der Waals surface area contributed by atoms with E-state index in [1.54, 1.807) is 12.1 Å². The highest BCUT2D eigenvalue weighted by Gasteiger charge is 2.20. The molecule has 3 aromatic heterocycles. The number of aromatic nitrogens is 4. The van der Waals surface area contributed by atoms with Crippen LogP contribution < -0.4 is 5.32 Å². The van der Waals surface area contributed by atoms with Crippen LogP contribution in [0.3, 0.4) is 0 Å². The number of nitrogens with one attached hydrogen (secondary N) is 1. The Balaban J connectivity index is 1.50. The fraction of sp³-hybridized carbons (Fsp3) is 0.353. The van der Waals surface area contributed by atoms with E-state index in [2.05, 4.69) is 31.4 Å². The second kappa shape index (κ2) is 8.38. The van der Waals surface area contributed by atoms with Crippen molar-refractivity contribution in [2.24, 2.45) is 0 Å². The molecule has 0 spiro atoms. The molecule has 0 aliphatic carbocycles. The summed E-state index contributed by atoms with van der Waals surface area (Å²) < 4.78 is 9.09. The van der Waals surface area contributed by atoms with Crippen molar-refractivity contribution in [3.8, 4) is 0 Å². The monoisotopic (exact) mass is 450 g/mol. The SMILES string of the molecule is Cc1cc(C)n(CCCNC(=O)c2ccc(Cn3cc(Br)c([N+](=O)[O-])n3)o2)n1. The molecule has 1 N–H and O–H groups in total. The van der Waals surface area contributed by atoms with Crippen molar-refractivity contribution in [2.75, 3.05) is 6.54 Å². The summed E-state index contributed by atoms with van der Waals surface area (Å²) in [5, 5.41) is 21.9. The highest BCUT2D eigenvalue weighted by atomic mass is 79.9. The van der Waals surface area contributed by atoms with Crippen LogP contribution in [0.5, 0.6) is 0 Å². The first kappa shape index (κ1) is 19.8. The number of carbonyl (C=O) groups is 1. The molecular formula is C17H19BrN6O4. The van der Waals surface area contributed by atoms with Crippen LogP contribution in [0.15, 0.2) is 33.3 Å². The average molecular weight is 451 g/mol. The molecule has 0 aliphatic rings. The first-order valence-corrected chi connectivity index (χ1v) is 9.38. The maximum absolute atomic E-state index is 12.2. The predicted molar refractivity (Wildman–Crippen MR) is 103 cm³/mol. The Labute approximate surface area is 168 Å². The van der Waals surface area contributed by atoms with Crippen LogP contribution in [0, 0.1) is 24.0 Å². The molecule has 10 nitrogen and oxygen atoms in total. The minimum atomic E-state index is -0.576. The van der Waals surface area contributed by atoms with E-state index in [0.29, 0.717) is 12.3 Å². The van der Waals surface area contributed by atoms with Crippen molar-refractivity contribution < 1.29 is 14.1 Å². The summed E-state index contributed by atoms with van der Waals surface area (Å²) in [4.78, 5) is 22.5. The molecule has 0 fully saturated rings. The molecule has 3 heterocycles. The van der Waals surface area contributed by atoms with Gasteiger partial charge in [0.05, 0.1) is 17.0 Å². The third-order valence-corrected chi connectivity index (χ3v) is 4.57. The lowest BCUT2D eigenvalue weighted by Crippen LogP contribution is -2.25. The zero-order valence-electron chi connectivity index (χ0n) is 15.4. The molecule has 0 saturated carbocycles. The molecule has 0 aromatic carbocycles. The molecule has 0 saturated heterocycles. The number of halogens is 1. The minimum absolute atomic E-state index is 0.178. The fourth-order valence-corrected chi connectivity index (χ4v) is 3.22. The lowest BCUT2D eigenvalue weighted by Gasteiger charge is -2.05. The lowest BCUT2D eigenvalue weighted by molar-refractivity contribution is -0.390. The topological polar surface area (TPSA) is 121 Å². The number of hydrogen-bond acceptors (Lipinski definition) is 6. The first-order chi connectivity index (χ1) is 13.3. The average Bonchev–Trinajstić information content (AvgIpc) is 3.31. The third-order valence-electron chi connectivity index (χ3n) is 4.01. The number of rotatable bonds is 8. The fourth-order valence-electron chi connectivity index (χ4n) is 2.76. The van der Waals surface area contributed by atoms with Crippen LogP contribution in [0.2, 0.25) is 0 Å². The van der Waals surface area contributed by atoms with Crippen LogP contribution >= 0.6 is 15.9 Å². The molecule has 0 bridgehead atoms. The number of carbonyl (C=O) groups excluding carboxylic acids is 1. The molecule has 1 amide bonds. The van der Waals surface area contributed by atoms with Crippen molar-refractivity contribution in [1.29, 1.82) is 0 Å². The van der Waals surface area contributed by atoms with Gasteiger partial charge in [0.1, 0.15) is 16.8 Å². The lowest BCUT2D eigenvalue weighted by atomic mass is 10.3. The summed E-state index contributed by atoms with van der Waals surface area (Å²) in [5.41, 5.74) is 2.06. The van der Waals surface area contributed by atoms with Crippen molar-refractivity contribution in [1.82, 2.24) is 24.9 Å². The van der Waals surface area contributed by atoms with Crippen LogP contribution in [0.1, 0.15) is 34.1 Å². The Morgan fingerprint density at radius 3 is 2.79 bits per heavy atom. The smallest absolute Gasteiger partial charge is 0.404 e. The molecule has 28 heavy (non-hydrogen) atoms. The van der Waals surface area contributed by atoms with Gasteiger partial charge in [-0.2, -0.15) is 9.78 Å². The predicted octanol–water partition coefficient (Wildman–Crippen LogP) is 2.83. The van der Waals surface area contributed by atoms with Crippen molar-refractivity contribution in [3.63, 3.8) is 0 Å². The molecule has 0 atom stereocenters. The van der Waals surface area contributed by atoms with E-state index in [9.17, 15) is 14.9 Å². The summed E-state index contributed by atoms with van der Waals surface area (Å²) in [5.74, 6) is 0.0684. The second-order valence-corrected chi connectivity index (χ2v) is 7.14. The van der Waals surface area contributed by atoms with Gasteiger partial charge < -0.3 is 19.8 Å². The Bertz CT molecular complexity index is 1010. The molecule has 0 unspecified atom stereocenters. The molecule has 0 radical (unpaired) electrons. The van der Waals surface area contributed by atoms with Crippen molar-refractivity contribution in [2.45, 2.75) is 33.4 Å². The highest BCUT2D eigenvalue weighted by Crippen LogP contribution is 2.22. The number of aryl methyl sites for hydroxylation is 3. The van der Waals surface area contributed by atoms with E-state index >= 15 is 0 Å². The largest absolute Gasteiger partial charge is 0.454 e. The van der Waals surface area contributed by atoms with Gasteiger partial charge in [-0.3, -0.25) is 9.48 Å². The molecule has 3 rings (SSSR count). The van der Waals surface area contributed by atoms with E-state index in [-0.39, 0.29) is 28.5 Å². The second-order valence-electron chi connectivity index (χ2n) is 6.28. The Hall–Kier alpha value is -2.95. The van der Waals surface area contributed by atoms with Gasteiger partial charge in [-0.15, -0.1) is 0 Å². The highest BCUT2D eigenvalue weighted by molar-refractivity contribution is 9.10. The maximum atomic E-state index is 12.2. The van der Waals surface area contributed by atoms with Gasteiger partial charge in [0.25, 0.3) is 5.91 Å². The van der Waals surface area contributed by atoms with Crippen LogP contribution in [-0.4, -0.2) is 36.9 Å². The Kier molecular flexibility index (Phi) is 5.93. The maximum Gasteiger partial charge on any atom is 0.404 e. The van der Waals surface area contributed by atoms with Gasteiger partial charge in [0.2, 0.25) is 0 Å². The van der Waals surface area contributed by atoms with Crippen LogP contribution in [0.25, 0.3) is 0 Å². The van der Waals surface area contributed by atoms with E-state index in [1.807, 2.05) is 24.6 Å². The summed E-state index contributed by atoms with van der Waals surface area (Å²) in [6, 6.07) is 5.22. The number of hydrogen-bond donors (Lipinski definition) is 1. The van der Waals surface area contributed by atoms with Gasteiger partial charge in [-0.05, 0) is 59.3 Å². The summed E-state index contributed by atoms with van der Waals surface area (Å²) >= 11 is 3.09. The normalized spacial score (nSPS) is 11.0. The summed E-state index contributed by atoms with van der Waals surface area (Å²) in [6.07, 6.45) is 2.23. The molecule has 3 aromatic rings. The van der Waals surface area contributed by atoms with Gasteiger partial charge in [-0.1, -0.05) is 0 Å². The number of nitrogens with zero attached hydrogens (tertiary/aromatic N) is 5. The zero-order chi connectivity index (χ0) is 20.3. The standard InChI is InChI=1S/C17H19BrN6O4/c1-11-8-12(2)23(20-11)7-3-6-19-17(25)15-5-4-13(28-15)9-22-10-14(18)16(21-22)24(26)27/h4-5,8,10H,3,6-7,9H2,1-2H3,(H,19,25). The summed E-state index contributed by atoms with van der Waals surface area (Å²) in [6.45, 7) is 5.33. The van der Waals surface area contributed by atoms with Gasteiger partial charge >= 0.3 is 5.82 Å². The van der Waals surface area contributed by atoms with E-state index < -0.39 is 4.92 Å². The van der Waals surface area contributed by atoms with Crippen LogP contribution in [-0.2, 0) is 13.1 Å². The molecule has 0 aliphatic heterocycles. The van der Waals surface area contributed by atoms with Gasteiger partial charge in [0, 0.05) is 18.8 Å². The molecular weight excluding hydrogens is 432 g/mol. The van der Waals surface area contributed by atoms with E-state index in [1.165, 1.54) is 10.9 Å². The zero-order valence-corrected chi connectivity index (χ0v) is 17.0. The Morgan fingerprint density at radius 2 is 2.14 bits per heavy atom. The Morgan fingerprint density at radius 1 is 1.36 bits per heavy atom. The van der Waals surface area contributed by atoms with E-state index in [0.717, 1.165) is 24.4 Å². The quantitative estimate of drug-likeness (QED) is 0.319. The van der Waals surface area contributed by atoms with Gasteiger partial charge in [0.15, 0.2) is 5.76 Å². The van der Waals surface area contributed by atoms with Crippen LogP contribution in [0.4, 0.5) is 5.82 Å². The first-order valence-electron chi connectivity index (χ1n) is 8.59. The molecule has 148 valence electrons. The van der Waals surface area contributed by atoms with E-state index in [4.69, 9.17) is 4.42 Å². The number of amides is 1. The number of nitro groups is 1. The number of furan rings is 1. The van der Waals surface area contributed by atoms with Crippen molar-refractivity contribution >= 4 is 27.7 Å². The summed E-state index contributed by atoms with van der Waals surface area (Å²) in [7, 11) is 0. The van der Waals surface area contributed by atoms with Gasteiger partial charge in [-0.25, -0.2) is 0 Å².